The van der Waals surface area contributed by atoms with Gasteiger partial charge in [0.15, 0.2) is 17.5 Å². The van der Waals surface area contributed by atoms with Crippen molar-refractivity contribution in [2.24, 2.45) is 0 Å². The van der Waals surface area contributed by atoms with E-state index in [1.807, 2.05) is 0 Å². The van der Waals surface area contributed by atoms with E-state index in [0.717, 1.165) is 4.47 Å². The maximum absolute atomic E-state index is 13.4. The number of pyridine rings is 1. The van der Waals surface area contributed by atoms with Crippen LogP contribution in [0.25, 0.3) is 0 Å². The summed E-state index contributed by atoms with van der Waals surface area (Å²) in [5.74, 6) is -2.29. The van der Waals surface area contributed by atoms with Crippen LogP contribution >= 0.6 is 31.9 Å². The molecule has 1 aromatic heterocycles. The molecule has 18 heavy (non-hydrogen) atoms. The van der Waals surface area contributed by atoms with Crippen molar-refractivity contribution in [1.82, 2.24) is 4.98 Å². The van der Waals surface area contributed by atoms with Crippen LogP contribution in [-0.4, -0.2) is 4.98 Å². The largest absolute Gasteiger partial charge is 0.435 e. The minimum absolute atomic E-state index is 0.343. The van der Waals surface area contributed by atoms with Crippen molar-refractivity contribution in [1.29, 1.82) is 0 Å². The number of hydrogen-bond acceptors (Lipinski definition) is 3. The molecule has 0 spiro atoms. The van der Waals surface area contributed by atoms with Crippen LogP contribution in [-0.2, 0) is 0 Å². The third-order valence-electron chi connectivity index (χ3n) is 2.03. The van der Waals surface area contributed by atoms with Crippen LogP contribution in [0.1, 0.15) is 0 Å². The molecule has 1 heterocycles. The predicted octanol–water partition coefficient (Wildman–Crippen LogP) is 4.26. The number of hydrogen-bond donors (Lipinski definition) is 1. The standard InChI is InChI=1S/C11H6Br2F2N2O/c12-5-1-2-9(6(13)3-5)18-11-8(15)4-7(14)10(16)17-11/h1-4H,(H2,16,17). The summed E-state index contributed by atoms with van der Waals surface area (Å²) in [4.78, 5) is 3.50. The normalized spacial score (nSPS) is 10.4. The van der Waals surface area contributed by atoms with E-state index in [9.17, 15) is 8.78 Å². The summed E-state index contributed by atoms with van der Waals surface area (Å²) in [7, 11) is 0. The quantitative estimate of drug-likeness (QED) is 0.848. The Morgan fingerprint density at radius 1 is 1.11 bits per heavy atom. The van der Waals surface area contributed by atoms with Crippen molar-refractivity contribution >= 4 is 37.7 Å². The minimum Gasteiger partial charge on any atom is -0.435 e. The number of nitrogens with two attached hydrogens (primary N) is 1. The van der Waals surface area contributed by atoms with E-state index in [-0.39, 0.29) is 5.88 Å². The van der Waals surface area contributed by atoms with Crippen LogP contribution in [0, 0.1) is 11.6 Å². The van der Waals surface area contributed by atoms with Gasteiger partial charge in [-0.3, -0.25) is 0 Å². The monoisotopic (exact) mass is 378 g/mol. The summed E-state index contributed by atoms with van der Waals surface area (Å²) in [6.45, 7) is 0. The van der Waals surface area contributed by atoms with Crippen LogP contribution in [0.4, 0.5) is 14.6 Å². The van der Waals surface area contributed by atoms with Gasteiger partial charge in [-0.15, -0.1) is 0 Å². The van der Waals surface area contributed by atoms with Crippen LogP contribution < -0.4 is 10.5 Å². The smallest absolute Gasteiger partial charge is 0.258 e. The number of halogens is 4. The van der Waals surface area contributed by atoms with Gasteiger partial charge >= 0.3 is 0 Å². The van der Waals surface area contributed by atoms with Gasteiger partial charge in [0.2, 0.25) is 0 Å². The highest BCUT2D eigenvalue weighted by atomic mass is 79.9. The number of benzene rings is 1. The molecule has 0 bridgehead atoms. The molecule has 0 fully saturated rings. The fourth-order valence-corrected chi connectivity index (χ4v) is 2.32. The first-order chi connectivity index (χ1) is 8.47. The van der Waals surface area contributed by atoms with Crippen molar-refractivity contribution in [2.75, 3.05) is 5.73 Å². The second kappa shape index (κ2) is 5.19. The van der Waals surface area contributed by atoms with Crippen LogP contribution in [0.3, 0.4) is 0 Å². The highest BCUT2D eigenvalue weighted by molar-refractivity contribution is 9.11. The summed E-state index contributed by atoms with van der Waals surface area (Å²) in [5, 5.41) is 0. The molecular weight excluding hydrogens is 374 g/mol. The Hall–Kier alpha value is -1.21. The first-order valence-electron chi connectivity index (χ1n) is 4.72. The molecule has 3 nitrogen and oxygen atoms in total. The molecule has 2 rings (SSSR count). The number of anilines is 1. The van der Waals surface area contributed by atoms with E-state index < -0.39 is 17.5 Å². The molecule has 0 aliphatic carbocycles. The number of rotatable bonds is 2. The molecule has 0 unspecified atom stereocenters. The van der Waals surface area contributed by atoms with E-state index in [4.69, 9.17) is 10.5 Å². The Bertz CT molecular complexity index is 608. The van der Waals surface area contributed by atoms with Gasteiger partial charge in [-0.1, -0.05) is 15.9 Å². The van der Waals surface area contributed by atoms with Gasteiger partial charge in [0.25, 0.3) is 5.88 Å². The predicted molar refractivity (Wildman–Crippen MR) is 70.5 cm³/mol. The second-order valence-corrected chi connectivity index (χ2v) is 5.09. The lowest BCUT2D eigenvalue weighted by Crippen LogP contribution is -2.00. The van der Waals surface area contributed by atoms with Crippen LogP contribution in [0.2, 0.25) is 0 Å². The Kier molecular flexibility index (Phi) is 3.82. The minimum atomic E-state index is -0.922. The van der Waals surface area contributed by atoms with Gasteiger partial charge in [0, 0.05) is 10.5 Å². The first-order valence-corrected chi connectivity index (χ1v) is 6.30. The molecule has 0 saturated heterocycles. The summed E-state index contributed by atoms with van der Waals surface area (Å²) in [6, 6.07) is 5.67. The van der Waals surface area contributed by atoms with Gasteiger partial charge < -0.3 is 10.5 Å². The maximum Gasteiger partial charge on any atom is 0.258 e. The van der Waals surface area contributed by atoms with Crippen LogP contribution in [0.5, 0.6) is 11.6 Å². The molecule has 0 amide bonds. The SMILES string of the molecule is Nc1nc(Oc2ccc(Br)cc2Br)c(F)cc1F. The van der Waals surface area contributed by atoms with Gasteiger partial charge in [-0.2, -0.15) is 4.98 Å². The average Bonchev–Trinajstić information content (AvgIpc) is 2.29. The highest BCUT2D eigenvalue weighted by Gasteiger charge is 2.13. The van der Waals surface area contributed by atoms with Crippen molar-refractivity contribution in [3.8, 4) is 11.6 Å². The lowest BCUT2D eigenvalue weighted by atomic mass is 10.3. The summed E-state index contributed by atoms with van der Waals surface area (Å²) >= 11 is 6.52. The summed E-state index contributed by atoms with van der Waals surface area (Å²) in [5.41, 5.74) is 5.25. The Labute approximate surface area is 118 Å². The lowest BCUT2D eigenvalue weighted by molar-refractivity contribution is 0.416. The highest BCUT2D eigenvalue weighted by Crippen LogP contribution is 2.32. The van der Waals surface area contributed by atoms with Crippen LogP contribution in [0.15, 0.2) is 33.2 Å². The molecule has 0 saturated carbocycles. The van der Waals surface area contributed by atoms with E-state index in [1.165, 1.54) is 0 Å². The van der Waals surface area contributed by atoms with E-state index in [0.29, 0.717) is 16.3 Å². The third-order valence-corrected chi connectivity index (χ3v) is 3.14. The molecular formula is C11H6Br2F2N2O. The molecule has 0 atom stereocenters. The number of nitrogen functional groups attached to an aromatic ring is 1. The summed E-state index contributed by atoms with van der Waals surface area (Å²) < 4.78 is 33.0. The zero-order chi connectivity index (χ0) is 13.3. The Morgan fingerprint density at radius 2 is 1.83 bits per heavy atom. The zero-order valence-corrected chi connectivity index (χ0v) is 11.9. The molecule has 7 heteroatoms. The maximum atomic E-state index is 13.4. The Morgan fingerprint density at radius 3 is 2.50 bits per heavy atom. The average molecular weight is 380 g/mol. The van der Waals surface area contributed by atoms with Gasteiger partial charge in [-0.05, 0) is 34.1 Å². The van der Waals surface area contributed by atoms with Crippen molar-refractivity contribution < 1.29 is 13.5 Å². The summed E-state index contributed by atoms with van der Waals surface area (Å²) in [6.07, 6.45) is 0. The Balaban J connectivity index is 2.37. The van der Waals surface area contributed by atoms with E-state index in [2.05, 4.69) is 36.8 Å². The topological polar surface area (TPSA) is 48.1 Å². The van der Waals surface area contributed by atoms with Crippen molar-refractivity contribution in [2.45, 2.75) is 0 Å². The number of nitrogens with zero attached hydrogens (tertiary/aromatic N) is 1. The lowest BCUT2D eigenvalue weighted by Gasteiger charge is -2.08. The molecule has 94 valence electrons. The fraction of sp³-hybridized carbons (Fsp3) is 0. The van der Waals surface area contributed by atoms with Gasteiger partial charge in [0.1, 0.15) is 5.75 Å². The third kappa shape index (κ3) is 2.78. The zero-order valence-electron chi connectivity index (χ0n) is 8.75. The number of aromatic nitrogens is 1. The molecule has 0 radical (unpaired) electrons. The molecule has 1 aromatic carbocycles. The molecule has 2 aromatic rings. The van der Waals surface area contributed by atoms with E-state index in [1.54, 1.807) is 18.2 Å². The van der Waals surface area contributed by atoms with Crippen molar-refractivity contribution in [3.63, 3.8) is 0 Å². The van der Waals surface area contributed by atoms with E-state index >= 15 is 0 Å². The fourth-order valence-electron chi connectivity index (χ4n) is 1.20. The molecule has 0 aliphatic heterocycles. The van der Waals surface area contributed by atoms with Gasteiger partial charge in [0.05, 0.1) is 4.47 Å². The number of ether oxygens (including phenoxy) is 1. The van der Waals surface area contributed by atoms with Gasteiger partial charge in [-0.25, -0.2) is 8.78 Å². The molecule has 2 N–H and O–H groups in total. The first kappa shape index (κ1) is 13.2. The van der Waals surface area contributed by atoms with Crippen molar-refractivity contribution in [3.05, 3.63) is 44.8 Å². The second-order valence-electron chi connectivity index (χ2n) is 3.32. The molecule has 0 aliphatic rings.